The number of esters is 1. The molecule has 1 aromatic rings. The molecule has 0 aliphatic carbocycles. The van der Waals surface area contributed by atoms with Crippen molar-refractivity contribution in [3.8, 4) is 0 Å². The first-order chi connectivity index (χ1) is 7.60. The molecule has 7 heteroatoms. The molecule has 1 aromatic heterocycles. The summed E-state index contributed by atoms with van der Waals surface area (Å²) in [5, 5.41) is 6.70. The van der Waals surface area contributed by atoms with Gasteiger partial charge in [0.1, 0.15) is 11.6 Å². The fourth-order valence-corrected chi connectivity index (χ4v) is 1.29. The van der Waals surface area contributed by atoms with Crippen LogP contribution in [0.3, 0.4) is 0 Å². The predicted molar refractivity (Wildman–Crippen MR) is 59.7 cm³/mol. The van der Waals surface area contributed by atoms with Crippen molar-refractivity contribution < 1.29 is 9.53 Å². The molecule has 1 rings (SSSR count). The van der Waals surface area contributed by atoms with Crippen molar-refractivity contribution in [3.05, 3.63) is 21.6 Å². The van der Waals surface area contributed by atoms with Crippen molar-refractivity contribution in [1.29, 1.82) is 0 Å². The molecular weight excluding hydrogens is 234 g/mol. The Morgan fingerprint density at radius 3 is 2.94 bits per heavy atom. The molecule has 16 heavy (non-hydrogen) atoms. The maximum atomic E-state index is 11.6. The number of carbonyl (C=O) groups is 1. The number of methoxy groups -OCH3 is 1. The van der Waals surface area contributed by atoms with E-state index in [9.17, 15) is 9.59 Å². The van der Waals surface area contributed by atoms with Crippen LogP contribution in [0.2, 0.25) is 5.02 Å². The third kappa shape index (κ3) is 2.73. The molecule has 0 spiro atoms. The van der Waals surface area contributed by atoms with Gasteiger partial charge < -0.3 is 10.1 Å². The fourth-order valence-electron chi connectivity index (χ4n) is 1.08. The highest BCUT2D eigenvalue weighted by molar-refractivity contribution is 6.32. The Hall–Kier alpha value is -1.56. The minimum atomic E-state index is -0.554. The summed E-state index contributed by atoms with van der Waals surface area (Å²) >= 11 is 5.82. The van der Waals surface area contributed by atoms with Crippen LogP contribution in [0.1, 0.15) is 6.92 Å². The third-order valence-corrected chi connectivity index (χ3v) is 2.22. The summed E-state index contributed by atoms with van der Waals surface area (Å²) < 4.78 is 5.38. The van der Waals surface area contributed by atoms with E-state index in [1.807, 2.05) is 6.92 Å². The Morgan fingerprint density at radius 1 is 1.69 bits per heavy atom. The lowest BCUT2D eigenvalue weighted by Crippen LogP contribution is -2.28. The van der Waals surface area contributed by atoms with Gasteiger partial charge in [0.15, 0.2) is 0 Å². The number of hydrogen-bond donors (Lipinski definition) is 1. The number of aromatic nitrogens is 2. The van der Waals surface area contributed by atoms with Crippen LogP contribution in [0.5, 0.6) is 0 Å². The molecule has 0 atom stereocenters. The van der Waals surface area contributed by atoms with Gasteiger partial charge >= 0.3 is 5.97 Å². The molecule has 1 N–H and O–H groups in total. The van der Waals surface area contributed by atoms with Crippen LogP contribution in [0.4, 0.5) is 5.69 Å². The van der Waals surface area contributed by atoms with E-state index in [2.05, 4.69) is 15.2 Å². The van der Waals surface area contributed by atoms with Crippen molar-refractivity contribution in [1.82, 2.24) is 9.78 Å². The van der Waals surface area contributed by atoms with E-state index >= 15 is 0 Å². The lowest BCUT2D eigenvalue weighted by molar-refractivity contribution is -0.141. The molecule has 0 saturated heterocycles. The van der Waals surface area contributed by atoms with E-state index in [4.69, 9.17) is 11.6 Å². The highest BCUT2D eigenvalue weighted by atomic mass is 35.5. The molecule has 0 aliphatic heterocycles. The average Bonchev–Trinajstić information content (AvgIpc) is 2.28. The molecule has 0 amide bonds. The minimum absolute atomic E-state index is 0.0146. The van der Waals surface area contributed by atoms with Gasteiger partial charge in [-0.25, -0.2) is 4.68 Å². The summed E-state index contributed by atoms with van der Waals surface area (Å²) in [6.07, 6.45) is 1.40. The van der Waals surface area contributed by atoms with Crippen molar-refractivity contribution in [2.45, 2.75) is 13.5 Å². The molecule has 88 valence electrons. The van der Waals surface area contributed by atoms with Crippen LogP contribution in [-0.2, 0) is 16.1 Å². The van der Waals surface area contributed by atoms with Crippen LogP contribution < -0.4 is 10.9 Å². The Kier molecular flexibility index (Phi) is 4.30. The molecule has 0 aliphatic rings. The molecule has 0 unspecified atom stereocenters. The van der Waals surface area contributed by atoms with Gasteiger partial charge in [-0.3, -0.25) is 9.59 Å². The molecule has 0 aromatic carbocycles. The fraction of sp³-hybridized carbons (Fsp3) is 0.444. The second kappa shape index (κ2) is 5.50. The maximum Gasteiger partial charge on any atom is 0.327 e. The van der Waals surface area contributed by atoms with Gasteiger partial charge in [-0.05, 0) is 6.92 Å². The summed E-state index contributed by atoms with van der Waals surface area (Å²) in [6, 6.07) is 0. The molecule has 0 radical (unpaired) electrons. The van der Waals surface area contributed by atoms with Gasteiger partial charge in [-0.2, -0.15) is 5.10 Å². The standard InChI is InChI=1S/C9H12ClN3O3/c1-3-11-6-4-12-13(5-7(14)16-2)9(15)8(6)10/h4,11H,3,5H2,1-2H3. The average molecular weight is 246 g/mol. The predicted octanol–water partition coefficient (Wildman–Crippen LogP) is 0.501. The topological polar surface area (TPSA) is 73.2 Å². The van der Waals surface area contributed by atoms with E-state index in [0.717, 1.165) is 4.68 Å². The van der Waals surface area contributed by atoms with Gasteiger partial charge in [0.25, 0.3) is 5.56 Å². The zero-order valence-corrected chi connectivity index (χ0v) is 9.74. The van der Waals surface area contributed by atoms with E-state index in [1.54, 1.807) is 0 Å². The molecular formula is C9H12ClN3O3. The number of nitrogens with zero attached hydrogens (tertiary/aromatic N) is 2. The van der Waals surface area contributed by atoms with E-state index in [-0.39, 0.29) is 11.6 Å². The molecule has 0 fully saturated rings. The highest BCUT2D eigenvalue weighted by Gasteiger charge is 2.11. The third-order valence-electron chi connectivity index (χ3n) is 1.86. The summed E-state index contributed by atoms with van der Waals surface area (Å²) in [5.41, 5.74) is -0.0687. The minimum Gasteiger partial charge on any atom is -0.468 e. The number of hydrogen-bond acceptors (Lipinski definition) is 5. The van der Waals surface area contributed by atoms with Gasteiger partial charge in [0, 0.05) is 6.54 Å². The monoisotopic (exact) mass is 245 g/mol. The van der Waals surface area contributed by atoms with Gasteiger partial charge in [-0.15, -0.1) is 0 Å². The van der Waals surface area contributed by atoms with Crippen LogP contribution >= 0.6 is 11.6 Å². The van der Waals surface area contributed by atoms with Crippen LogP contribution in [-0.4, -0.2) is 29.4 Å². The van der Waals surface area contributed by atoms with Gasteiger partial charge in [0.2, 0.25) is 0 Å². The van der Waals surface area contributed by atoms with E-state index in [0.29, 0.717) is 12.2 Å². The van der Waals surface area contributed by atoms with Crippen LogP contribution in [0, 0.1) is 0 Å². The normalized spacial score (nSPS) is 9.94. The summed E-state index contributed by atoms with van der Waals surface area (Å²) in [6.45, 7) is 2.25. The molecule has 0 saturated carbocycles. The summed E-state index contributed by atoms with van der Waals surface area (Å²) in [4.78, 5) is 22.6. The molecule has 0 bridgehead atoms. The number of nitrogens with one attached hydrogen (secondary N) is 1. The zero-order chi connectivity index (χ0) is 12.1. The van der Waals surface area contributed by atoms with Crippen molar-refractivity contribution in [2.75, 3.05) is 19.0 Å². The first-order valence-electron chi connectivity index (χ1n) is 4.66. The number of anilines is 1. The second-order valence-corrected chi connectivity index (χ2v) is 3.32. The van der Waals surface area contributed by atoms with Gasteiger partial charge in [-0.1, -0.05) is 11.6 Å². The number of rotatable bonds is 4. The SMILES string of the molecule is CCNc1cnn(CC(=O)OC)c(=O)c1Cl. The maximum absolute atomic E-state index is 11.6. The van der Waals surface area contributed by atoms with Crippen LogP contribution in [0.25, 0.3) is 0 Å². The molecule has 6 nitrogen and oxygen atoms in total. The number of ether oxygens (including phenoxy) is 1. The van der Waals surface area contributed by atoms with Crippen molar-refractivity contribution in [2.24, 2.45) is 0 Å². The molecule has 1 heterocycles. The summed E-state index contributed by atoms with van der Waals surface area (Å²) in [5.74, 6) is -0.554. The highest BCUT2D eigenvalue weighted by Crippen LogP contribution is 2.14. The Balaban J connectivity index is 3.02. The number of halogens is 1. The Labute approximate surface area is 97.2 Å². The zero-order valence-electron chi connectivity index (χ0n) is 8.99. The Bertz CT molecular complexity index is 444. The largest absolute Gasteiger partial charge is 0.468 e. The van der Waals surface area contributed by atoms with Gasteiger partial charge in [0.05, 0.1) is 19.0 Å². The number of carbonyl (C=O) groups excluding carboxylic acids is 1. The lowest BCUT2D eigenvalue weighted by atomic mass is 10.4. The first kappa shape index (κ1) is 12.5. The quantitative estimate of drug-likeness (QED) is 0.782. The van der Waals surface area contributed by atoms with E-state index in [1.165, 1.54) is 13.3 Å². The lowest BCUT2D eigenvalue weighted by Gasteiger charge is -2.07. The Morgan fingerprint density at radius 2 is 2.38 bits per heavy atom. The van der Waals surface area contributed by atoms with Crippen molar-refractivity contribution >= 4 is 23.3 Å². The first-order valence-corrected chi connectivity index (χ1v) is 5.04. The summed E-state index contributed by atoms with van der Waals surface area (Å²) in [7, 11) is 1.24. The van der Waals surface area contributed by atoms with E-state index < -0.39 is 11.5 Å². The van der Waals surface area contributed by atoms with Crippen LogP contribution in [0.15, 0.2) is 11.0 Å². The smallest absolute Gasteiger partial charge is 0.327 e. The second-order valence-electron chi connectivity index (χ2n) is 2.94. The van der Waals surface area contributed by atoms with Crippen molar-refractivity contribution in [3.63, 3.8) is 0 Å².